The normalized spacial score (nSPS) is 16.5. The number of aryl methyl sites for hydroxylation is 1. The van der Waals surface area contributed by atoms with Crippen LogP contribution in [0.1, 0.15) is 50.9 Å². The molecular formula is C47H42Cl2N4O6. The second-order valence-corrected chi connectivity index (χ2v) is 15.7. The van der Waals surface area contributed by atoms with Crippen LogP contribution in [0, 0.1) is 13.8 Å². The molecule has 6 aromatic rings. The average Bonchev–Trinajstić information content (AvgIpc) is 3.24. The van der Waals surface area contributed by atoms with E-state index in [2.05, 4.69) is 15.3 Å². The monoisotopic (exact) mass is 828 g/mol. The standard InChI is InChI=1S/C47H42Cl2N4O6/c1-28-29(2)50-18-16-38(28)32-9-6-30(7-10-32)20-41(47(55)56)52-46(54)42-21-34-22-43-44(23-35(34)24-53(42)25-36-5-3-4-17-51-36)59-45(27-58-43)33-11-13-37(14-12-33)57-26-31-8-15-39(48)40(49)19-31/h3-19,22-23,41-42,45H,20-21,24-27H2,1-2H3,(H,52,54)(H,55,56)/t41?,42-,45+/m0/s1. The maximum Gasteiger partial charge on any atom is 0.326 e. The molecule has 59 heavy (non-hydrogen) atoms. The highest BCUT2D eigenvalue weighted by Gasteiger charge is 2.36. The smallest absolute Gasteiger partial charge is 0.326 e. The van der Waals surface area contributed by atoms with Gasteiger partial charge in [-0.25, -0.2) is 4.79 Å². The number of hydrogen-bond donors (Lipinski definition) is 2. The molecule has 2 aliphatic rings. The van der Waals surface area contributed by atoms with Gasteiger partial charge in [0.05, 0.1) is 21.8 Å². The van der Waals surface area contributed by atoms with Crippen LogP contribution in [0.15, 0.2) is 116 Å². The van der Waals surface area contributed by atoms with Crippen LogP contribution in [0.4, 0.5) is 0 Å². The van der Waals surface area contributed by atoms with Gasteiger partial charge in [0.2, 0.25) is 5.91 Å². The zero-order chi connectivity index (χ0) is 41.0. The molecule has 12 heteroatoms. The third-order valence-electron chi connectivity index (χ3n) is 11.0. The zero-order valence-electron chi connectivity index (χ0n) is 32.5. The summed E-state index contributed by atoms with van der Waals surface area (Å²) in [6, 6.07) is 30.7. The number of amides is 1. The van der Waals surface area contributed by atoms with E-state index in [-0.39, 0.29) is 18.4 Å². The number of benzene rings is 4. The number of aromatic nitrogens is 2. The molecule has 3 atom stereocenters. The lowest BCUT2D eigenvalue weighted by molar-refractivity contribution is -0.142. The summed E-state index contributed by atoms with van der Waals surface area (Å²) in [5.74, 6) is 0.454. The Morgan fingerprint density at radius 3 is 2.41 bits per heavy atom. The van der Waals surface area contributed by atoms with Crippen LogP contribution < -0.4 is 19.5 Å². The molecule has 0 radical (unpaired) electrons. The van der Waals surface area contributed by atoms with E-state index >= 15 is 0 Å². The Hall–Kier alpha value is -5.94. The van der Waals surface area contributed by atoms with Crippen LogP contribution in [0.5, 0.6) is 17.2 Å². The van der Waals surface area contributed by atoms with Crippen molar-refractivity contribution in [3.63, 3.8) is 0 Å². The van der Waals surface area contributed by atoms with E-state index in [9.17, 15) is 14.7 Å². The maximum atomic E-state index is 14.2. The molecule has 0 fully saturated rings. The van der Waals surface area contributed by atoms with Gasteiger partial charge in [0, 0.05) is 37.6 Å². The van der Waals surface area contributed by atoms with Gasteiger partial charge in [-0.15, -0.1) is 0 Å². The molecule has 300 valence electrons. The SMILES string of the molecule is Cc1nccc(-c2ccc(CC(NC(=O)[C@@H]3Cc4cc5c(cc4CN3Cc3ccccn3)O[C@@H](c3ccc(OCc4ccc(Cl)c(Cl)c4)cc3)CO5)C(=O)O)cc2)c1C. The number of rotatable bonds is 12. The van der Waals surface area contributed by atoms with Crippen molar-refractivity contribution in [2.75, 3.05) is 6.61 Å². The zero-order valence-corrected chi connectivity index (χ0v) is 34.0. The van der Waals surface area contributed by atoms with E-state index in [1.165, 1.54) is 0 Å². The number of hydrogen-bond acceptors (Lipinski definition) is 8. The van der Waals surface area contributed by atoms with Gasteiger partial charge < -0.3 is 24.6 Å². The van der Waals surface area contributed by atoms with Gasteiger partial charge in [-0.3, -0.25) is 19.7 Å². The molecule has 4 aromatic carbocycles. The topological polar surface area (TPSA) is 123 Å². The number of ether oxygens (including phenoxy) is 3. The van der Waals surface area contributed by atoms with Crippen LogP contribution in [0.2, 0.25) is 10.0 Å². The number of carbonyl (C=O) groups excluding carboxylic acids is 1. The number of nitrogens with zero attached hydrogens (tertiary/aromatic N) is 3. The summed E-state index contributed by atoms with van der Waals surface area (Å²) >= 11 is 12.2. The van der Waals surface area contributed by atoms with Crippen molar-refractivity contribution in [3.05, 3.63) is 170 Å². The largest absolute Gasteiger partial charge is 0.489 e. The van der Waals surface area contributed by atoms with Crippen molar-refractivity contribution >= 4 is 35.1 Å². The predicted octanol–water partition coefficient (Wildman–Crippen LogP) is 8.90. The number of carboxylic acid groups (broad SMARTS) is 1. The van der Waals surface area contributed by atoms with Crippen molar-refractivity contribution in [3.8, 4) is 28.4 Å². The Balaban J connectivity index is 0.962. The average molecular weight is 830 g/mol. The number of pyridine rings is 2. The fraction of sp³-hybridized carbons (Fsp3) is 0.234. The lowest BCUT2D eigenvalue weighted by Crippen LogP contribution is -2.54. The van der Waals surface area contributed by atoms with Gasteiger partial charge in [-0.2, -0.15) is 0 Å². The molecule has 1 amide bonds. The maximum absolute atomic E-state index is 14.2. The Bertz CT molecular complexity index is 2480. The molecule has 8 rings (SSSR count). The molecule has 0 saturated carbocycles. The molecule has 2 aliphatic heterocycles. The van der Waals surface area contributed by atoms with Crippen LogP contribution in [0.3, 0.4) is 0 Å². The summed E-state index contributed by atoms with van der Waals surface area (Å²) in [6.45, 7) is 5.47. The third kappa shape index (κ3) is 9.20. The second kappa shape index (κ2) is 17.5. The summed E-state index contributed by atoms with van der Waals surface area (Å²) in [6.07, 6.45) is 3.65. The van der Waals surface area contributed by atoms with Crippen molar-refractivity contribution in [2.45, 2.75) is 64.6 Å². The molecule has 2 N–H and O–H groups in total. The number of carboxylic acids is 1. The molecule has 0 bridgehead atoms. The Morgan fingerprint density at radius 2 is 1.66 bits per heavy atom. The Morgan fingerprint density at radius 1 is 0.881 bits per heavy atom. The Kier molecular flexibility index (Phi) is 11.8. The predicted molar refractivity (Wildman–Crippen MR) is 226 cm³/mol. The number of aliphatic carboxylic acids is 1. The van der Waals surface area contributed by atoms with Gasteiger partial charge in [0.25, 0.3) is 0 Å². The first-order chi connectivity index (χ1) is 28.6. The van der Waals surface area contributed by atoms with E-state index in [0.29, 0.717) is 60.0 Å². The Labute approximate surface area is 352 Å². The quantitative estimate of drug-likeness (QED) is 0.125. The van der Waals surface area contributed by atoms with Crippen molar-refractivity contribution in [1.82, 2.24) is 20.2 Å². The lowest BCUT2D eigenvalue weighted by atomic mass is 9.92. The number of fused-ring (bicyclic) bond motifs is 2. The fourth-order valence-corrected chi connectivity index (χ4v) is 7.87. The fourth-order valence-electron chi connectivity index (χ4n) is 7.55. The molecule has 10 nitrogen and oxygen atoms in total. The minimum absolute atomic E-state index is 0.133. The van der Waals surface area contributed by atoms with E-state index < -0.39 is 18.1 Å². The van der Waals surface area contributed by atoms with Gasteiger partial charge in [0.1, 0.15) is 25.0 Å². The number of halogens is 2. The molecule has 2 aromatic heterocycles. The van der Waals surface area contributed by atoms with Crippen molar-refractivity contribution < 1.29 is 28.9 Å². The third-order valence-corrected chi connectivity index (χ3v) is 11.7. The highest BCUT2D eigenvalue weighted by Crippen LogP contribution is 2.41. The van der Waals surface area contributed by atoms with Crippen molar-refractivity contribution in [2.24, 2.45) is 0 Å². The highest BCUT2D eigenvalue weighted by atomic mass is 35.5. The molecular weight excluding hydrogens is 787 g/mol. The first-order valence-electron chi connectivity index (χ1n) is 19.4. The van der Waals surface area contributed by atoms with Crippen molar-refractivity contribution in [1.29, 1.82) is 0 Å². The summed E-state index contributed by atoms with van der Waals surface area (Å²) < 4.78 is 18.7. The van der Waals surface area contributed by atoms with E-state index in [1.807, 2.05) is 110 Å². The highest BCUT2D eigenvalue weighted by molar-refractivity contribution is 6.42. The lowest BCUT2D eigenvalue weighted by Gasteiger charge is -2.37. The molecule has 0 saturated heterocycles. The van der Waals surface area contributed by atoms with E-state index in [0.717, 1.165) is 55.9 Å². The van der Waals surface area contributed by atoms with Gasteiger partial charge >= 0.3 is 5.97 Å². The molecule has 0 spiro atoms. The molecule has 4 heterocycles. The first kappa shape index (κ1) is 39.9. The van der Waals surface area contributed by atoms with Crippen LogP contribution in [-0.2, 0) is 42.1 Å². The minimum atomic E-state index is -1.13. The van der Waals surface area contributed by atoms with E-state index in [1.54, 1.807) is 24.5 Å². The van der Waals surface area contributed by atoms with E-state index in [4.69, 9.17) is 37.4 Å². The van der Waals surface area contributed by atoms with Gasteiger partial charge in [0.15, 0.2) is 17.6 Å². The van der Waals surface area contributed by atoms with Gasteiger partial charge in [-0.1, -0.05) is 71.7 Å². The molecule has 1 unspecified atom stereocenters. The summed E-state index contributed by atoms with van der Waals surface area (Å²) in [5, 5.41) is 14.1. The molecule has 0 aliphatic carbocycles. The van der Waals surface area contributed by atoms with Crippen LogP contribution in [0.25, 0.3) is 11.1 Å². The summed E-state index contributed by atoms with van der Waals surface area (Å²) in [7, 11) is 0. The first-order valence-corrected chi connectivity index (χ1v) is 20.1. The summed E-state index contributed by atoms with van der Waals surface area (Å²) in [4.78, 5) is 37.7. The number of nitrogens with one attached hydrogen (secondary N) is 1. The van der Waals surface area contributed by atoms with Gasteiger partial charge in [-0.05, 0) is 119 Å². The minimum Gasteiger partial charge on any atom is -0.489 e. The van der Waals surface area contributed by atoms with Crippen LogP contribution >= 0.6 is 23.2 Å². The van der Waals surface area contributed by atoms with Crippen LogP contribution in [-0.4, -0.2) is 50.5 Å². The number of carbonyl (C=O) groups is 2. The summed E-state index contributed by atoms with van der Waals surface area (Å²) in [5.41, 5.74) is 9.52. The second-order valence-electron chi connectivity index (χ2n) is 14.9.